The second-order valence-corrected chi connectivity index (χ2v) is 6.72. The summed E-state index contributed by atoms with van der Waals surface area (Å²) in [5.74, 6) is 0.585. The fourth-order valence-corrected chi connectivity index (χ4v) is 3.15. The molecule has 19 heavy (non-hydrogen) atoms. The summed E-state index contributed by atoms with van der Waals surface area (Å²) in [6, 6.07) is 0.279. The molecule has 1 aliphatic rings. The van der Waals surface area contributed by atoms with E-state index in [1.54, 1.807) is 0 Å². The Kier molecular flexibility index (Phi) is 3.38. The summed E-state index contributed by atoms with van der Waals surface area (Å²) < 4.78 is 0. The molecule has 106 valence electrons. The summed E-state index contributed by atoms with van der Waals surface area (Å²) in [7, 11) is 0. The van der Waals surface area contributed by atoms with Crippen LogP contribution in [0.3, 0.4) is 0 Å². The summed E-state index contributed by atoms with van der Waals surface area (Å²) in [5, 5.41) is 13.3. The van der Waals surface area contributed by atoms with Crippen molar-refractivity contribution in [3.8, 4) is 0 Å². The third-order valence-electron chi connectivity index (χ3n) is 3.41. The van der Waals surface area contributed by atoms with Crippen molar-refractivity contribution >= 4 is 5.82 Å². The zero-order valence-corrected chi connectivity index (χ0v) is 12.3. The van der Waals surface area contributed by atoms with Crippen molar-refractivity contribution in [2.45, 2.75) is 64.6 Å². The van der Waals surface area contributed by atoms with E-state index in [0.717, 1.165) is 12.8 Å². The molecule has 0 radical (unpaired) electrons. The van der Waals surface area contributed by atoms with Crippen molar-refractivity contribution < 1.29 is 0 Å². The van der Waals surface area contributed by atoms with E-state index in [0.29, 0.717) is 11.5 Å². The molecule has 0 aliphatic carbocycles. The third kappa shape index (κ3) is 3.53. The number of aromatic amines is 1. The van der Waals surface area contributed by atoms with Gasteiger partial charge in [0.05, 0.1) is 0 Å². The van der Waals surface area contributed by atoms with E-state index in [-0.39, 0.29) is 17.1 Å². The highest BCUT2D eigenvalue weighted by Crippen LogP contribution is 2.30. The Hall–Kier alpha value is -1.43. The van der Waals surface area contributed by atoms with Crippen molar-refractivity contribution in [1.29, 1.82) is 0 Å². The average Bonchev–Trinajstić information content (AvgIpc) is 2.18. The van der Waals surface area contributed by atoms with Gasteiger partial charge >= 0.3 is 5.69 Å². The third-order valence-corrected chi connectivity index (χ3v) is 3.41. The molecule has 1 aliphatic heterocycles. The second kappa shape index (κ2) is 4.59. The van der Waals surface area contributed by atoms with Crippen LogP contribution in [0.2, 0.25) is 0 Å². The molecule has 2 heterocycles. The molecule has 1 aromatic heterocycles. The van der Waals surface area contributed by atoms with Crippen LogP contribution in [-0.4, -0.2) is 32.3 Å². The molecule has 0 aromatic carbocycles. The first-order valence-electron chi connectivity index (χ1n) is 6.66. The summed E-state index contributed by atoms with van der Waals surface area (Å²) in [6.07, 6.45) is 1.95. The van der Waals surface area contributed by atoms with Gasteiger partial charge in [0.2, 0.25) is 0 Å². The second-order valence-electron chi connectivity index (χ2n) is 6.72. The predicted octanol–water partition coefficient (Wildman–Crippen LogP) is 1.19. The van der Waals surface area contributed by atoms with Gasteiger partial charge in [0, 0.05) is 17.1 Å². The SMILES string of the molecule is Cc1n[nH]c(=O)nc1NC1CC(C)(C)NC(C)(C)C1. The van der Waals surface area contributed by atoms with Gasteiger partial charge in [-0.1, -0.05) is 0 Å². The van der Waals surface area contributed by atoms with E-state index in [1.807, 2.05) is 6.92 Å². The van der Waals surface area contributed by atoms with Crippen LogP contribution in [0, 0.1) is 6.92 Å². The highest BCUT2D eigenvalue weighted by atomic mass is 16.1. The lowest BCUT2D eigenvalue weighted by atomic mass is 9.79. The maximum atomic E-state index is 11.3. The molecule has 0 spiro atoms. The fraction of sp³-hybridized carbons (Fsp3) is 0.769. The maximum absolute atomic E-state index is 11.3. The van der Waals surface area contributed by atoms with Gasteiger partial charge in [-0.05, 0) is 47.5 Å². The van der Waals surface area contributed by atoms with Gasteiger partial charge in [0.15, 0.2) is 5.82 Å². The van der Waals surface area contributed by atoms with Gasteiger partial charge in [0.25, 0.3) is 0 Å². The van der Waals surface area contributed by atoms with Gasteiger partial charge in [0.1, 0.15) is 5.69 Å². The van der Waals surface area contributed by atoms with Crippen LogP contribution in [0.4, 0.5) is 5.82 Å². The molecular formula is C13H23N5O. The molecule has 2 rings (SSSR count). The summed E-state index contributed by atoms with van der Waals surface area (Å²) >= 11 is 0. The Bertz CT molecular complexity index is 504. The minimum atomic E-state index is -0.416. The largest absolute Gasteiger partial charge is 0.365 e. The minimum Gasteiger partial charge on any atom is -0.365 e. The van der Waals surface area contributed by atoms with Crippen LogP contribution in [0.25, 0.3) is 0 Å². The minimum absolute atomic E-state index is 0.0575. The highest BCUT2D eigenvalue weighted by molar-refractivity contribution is 5.39. The number of aromatic nitrogens is 3. The number of hydrogen-bond acceptors (Lipinski definition) is 5. The van der Waals surface area contributed by atoms with Gasteiger partial charge in [-0.25, -0.2) is 9.89 Å². The standard InChI is InChI=1S/C13H23N5O/c1-8-10(15-11(19)17-16-8)14-9-6-12(2,3)18-13(4,5)7-9/h9,18H,6-7H2,1-5H3,(H2,14,15,17,19). The van der Waals surface area contributed by atoms with E-state index in [4.69, 9.17) is 0 Å². The molecule has 0 amide bonds. The van der Waals surface area contributed by atoms with Crippen molar-refractivity contribution in [2.75, 3.05) is 5.32 Å². The van der Waals surface area contributed by atoms with Crippen LogP contribution in [-0.2, 0) is 0 Å². The molecule has 0 saturated carbocycles. The lowest BCUT2D eigenvalue weighted by Gasteiger charge is -2.46. The van der Waals surface area contributed by atoms with Crippen LogP contribution in [0.5, 0.6) is 0 Å². The molecule has 0 atom stereocenters. The quantitative estimate of drug-likeness (QED) is 0.748. The summed E-state index contributed by atoms with van der Waals surface area (Å²) in [6.45, 7) is 10.6. The first-order chi connectivity index (χ1) is 8.67. The molecule has 1 fully saturated rings. The van der Waals surface area contributed by atoms with Crippen LogP contribution >= 0.6 is 0 Å². The average molecular weight is 265 g/mol. The van der Waals surface area contributed by atoms with Crippen molar-refractivity contribution in [3.63, 3.8) is 0 Å². The number of rotatable bonds is 2. The molecule has 0 unspecified atom stereocenters. The van der Waals surface area contributed by atoms with E-state index in [2.05, 4.69) is 53.5 Å². The van der Waals surface area contributed by atoms with E-state index >= 15 is 0 Å². The van der Waals surface area contributed by atoms with Crippen molar-refractivity contribution in [1.82, 2.24) is 20.5 Å². The Morgan fingerprint density at radius 3 is 2.37 bits per heavy atom. The Morgan fingerprint density at radius 2 is 1.79 bits per heavy atom. The van der Waals surface area contributed by atoms with Gasteiger partial charge in [-0.15, -0.1) is 0 Å². The van der Waals surface area contributed by atoms with Gasteiger partial charge in [-0.2, -0.15) is 10.1 Å². The highest BCUT2D eigenvalue weighted by Gasteiger charge is 2.37. The van der Waals surface area contributed by atoms with Gasteiger partial charge < -0.3 is 10.6 Å². The van der Waals surface area contributed by atoms with E-state index in [1.165, 1.54) is 0 Å². The Balaban J connectivity index is 2.18. The molecule has 1 saturated heterocycles. The molecule has 3 N–H and O–H groups in total. The topological polar surface area (TPSA) is 82.7 Å². The normalized spacial score (nSPS) is 22.2. The number of hydrogen-bond donors (Lipinski definition) is 3. The number of aryl methyl sites for hydroxylation is 1. The Morgan fingerprint density at radius 1 is 1.21 bits per heavy atom. The molecular weight excluding hydrogens is 242 g/mol. The fourth-order valence-electron chi connectivity index (χ4n) is 3.15. The molecule has 6 nitrogen and oxygen atoms in total. The molecule has 0 bridgehead atoms. The van der Waals surface area contributed by atoms with Gasteiger partial charge in [-0.3, -0.25) is 0 Å². The lowest BCUT2D eigenvalue weighted by Crippen LogP contribution is -2.60. The number of anilines is 1. The summed E-state index contributed by atoms with van der Waals surface area (Å²) in [4.78, 5) is 15.2. The number of H-pyrrole nitrogens is 1. The Labute approximate surface area is 113 Å². The first-order valence-corrected chi connectivity index (χ1v) is 6.66. The van der Waals surface area contributed by atoms with Crippen LogP contribution < -0.4 is 16.3 Å². The molecule has 6 heteroatoms. The predicted molar refractivity (Wildman–Crippen MR) is 75.3 cm³/mol. The van der Waals surface area contributed by atoms with E-state index < -0.39 is 5.69 Å². The number of piperidine rings is 1. The smallest absolute Gasteiger partial charge is 0.363 e. The molecule has 1 aromatic rings. The first kappa shape index (κ1) is 14.0. The van der Waals surface area contributed by atoms with Crippen molar-refractivity contribution in [3.05, 3.63) is 16.2 Å². The van der Waals surface area contributed by atoms with Crippen LogP contribution in [0.15, 0.2) is 4.79 Å². The number of nitrogens with zero attached hydrogens (tertiary/aromatic N) is 2. The maximum Gasteiger partial charge on any atom is 0.363 e. The van der Waals surface area contributed by atoms with E-state index in [9.17, 15) is 4.79 Å². The van der Waals surface area contributed by atoms with Crippen molar-refractivity contribution in [2.24, 2.45) is 0 Å². The van der Waals surface area contributed by atoms with Crippen LogP contribution in [0.1, 0.15) is 46.2 Å². The zero-order valence-electron chi connectivity index (χ0n) is 12.3. The zero-order chi connectivity index (χ0) is 14.3. The summed E-state index contributed by atoms with van der Waals surface area (Å²) in [5.41, 5.74) is 0.415. The lowest BCUT2D eigenvalue weighted by molar-refractivity contribution is 0.170. The number of nitrogens with one attached hydrogen (secondary N) is 3. The monoisotopic (exact) mass is 265 g/mol.